The maximum Gasteiger partial charge on any atom is -0.0157 e. The van der Waals surface area contributed by atoms with Gasteiger partial charge in [-0.15, -0.1) is 0 Å². The molecule has 0 N–H and O–H groups in total. The van der Waals surface area contributed by atoms with E-state index in [4.69, 9.17) is 0 Å². The lowest BCUT2D eigenvalue weighted by molar-refractivity contribution is 1.36. The molecule has 1 aromatic rings. The fourth-order valence-electron chi connectivity index (χ4n) is 2.45. The van der Waals surface area contributed by atoms with E-state index in [1.807, 2.05) is 0 Å². The molecule has 0 heterocycles. The molecule has 2 aliphatic carbocycles. The Labute approximate surface area is 120 Å². The molecule has 1 aromatic carbocycles. The molecule has 3 rings (SSSR count). The quantitative estimate of drug-likeness (QED) is 0.666. The summed E-state index contributed by atoms with van der Waals surface area (Å²) in [5.74, 6) is 0. The van der Waals surface area contributed by atoms with Crippen molar-refractivity contribution in [2.75, 3.05) is 0 Å². The van der Waals surface area contributed by atoms with Gasteiger partial charge in [0.2, 0.25) is 0 Å². The molecule has 0 bridgehead atoms. The highest BCUT2D eigenvalue weighted by Gasteiger charge is 2.05. The molecule has 2 aliphatic rings. The van der Waals surface area contributed by atoms with E-state index in [0.29, 0.717) is 0 Å². The van der Waals surface area contributed by atoms with Crippen molar-refractivity contribution in [2.45, 2.75) is 12.8 Å². The normalized spacial score (nSPS) is 17.9. The van der Waals surface area contributed by atoms with Gasteiger partial charge < -0.3 is 0 Å². The minimum absolute atomic E-state index is 0.983. The Morgan fingerprint density at radius 1 is 0.700 bits per heavy atom. The van der Waals surface area contributed by atoms with E-state index in [1.54, 1.807) is 0 Å². The number of allylic oxidation sites excluding steroid dienone is 12. The molecule has 0 saturated heterocycles. The number of hydrogen-bond donors (Lipinski definition) is 0. The molecule has 0 amide bonds. The Kier molecular flexibility index (Phi) is 3.93. The van der Waals surface area contributed by atoms with E-state index >= 15 is 0 Å². The number of hydrogen-bond acceptors (Lipinski definition) is 0. The van der Waals surface area contributed by atoms with Gasteiger partial charge in [0.1, 0.15) is 0 Å². The zero-order chi connectivity index (χ0) is 13.6. The molecule has 0 saturated carbocycles. The van der Waals surface area contributed by atoms with Crippen LogP contribution in [0.2, 0.25) is 0 Å². The average molecular weight is 258 g/mol. The maximum absolute atomic E-state index is 2.29. The van der Waals surface area contributed by atoms with Gasteiger partial charge in [-0.3, -0.25) is 0 Å². The van der Waals surface area contributed by atoms with E-state index < -0.39 is 0 Å². The van der Waals surface area contributed by atoms with Crippen molar-refractivity contribution in [2.24, 2.45) is 0 Å². The van der Waals surface area contributed by atoms with Crippen LogP contribution in [-0.2, 0) is 0 Å². The summed E-state index contributed by atoms with van der Waals surface area (Å²) in [5.41, 5.74) is 5.13. The van der Waals surface area contributed by atoms with Crippen molar-refractivity contribution < 1.29 is 0 Å². The van der Waals surface area contributed by atoms with Crippen LogP contribution in [0, 0.1) is 0 Å². The molecule has 0 atom stereocenters. The van der Waals surface area contributed by atoms with E-state index in [2.05, 4.69) is 85.0 Å². The largest absolute Gasteiger partial charge is 0.0807 e. The van der Waals surface area contributed by atoms with Crippen molar-refractivity contribution >= 4 is 5.57 Å². The van der Waals surface area contributed by atoms with E-state index in [9.17, 15) is 0 Å². The molecular weight excluding hydrogens is 240 g/mol. The van der Waals surface area contributed by atoms with Crippen molar-refractivity contribution in [3.63, 3.8) is 0 Å². The lowest BCUT2D eigenvalue weighted by Crippen LogP contribution is -1.85. The third kappa shape index (κ3) is 2.97. The minimum atomic E-state index is 0.983. The van der Waals surface area contributed by atoms with E-state index in [-0.39, 0.29) is 0 Å². The van der Waals surface area contributed by atoms with Gasteiger partial charge in [0, 0.05) is 0 Å². The first-order valence-corrected chi connectivity index (χ1v) is 7.11. The first-order chi connectivity index (χ1) is 9.93. The van der Waals surface area contributed by atoms with Gasteiger partial charge in [-0.1, -0.05) is 78.9 Å². The molecule has 0 unspecified atom stereocenters. The molecular formula is C20H18. The highest BCUT2D eigenvalue weighted by atomic mass is 14.1. The molecule has 0 nitrogen and oxygen atoms in total. The smallest absolute Gasteiger partial charge is 0.0157 e. The van der Waals surface area contributed by atoms with Crippen LogP contribution in [-0.4, -0.2) is 0 Å². The molecule has 0 aliphatic heterocycles. The van der Waals surface area contributed by atoms with Gasteiger partial charge in [0.25, 0.3) is 0 Å². The second-order valence-corrected chi connectivity index (χ2v) is 4.95. The van der Waals surface area contributed by atoms with Crippen molar-refractivity contribution in [1.82, 2.24) is 0 Å². The number of rotatable bonds is 2. The molecule has 0 aromatic heterocycles. The third-order valence-electron chi connectivity index (χ3n) is 3.50. The molecule has 20 heavy (non-hydrogen) atoms. The Bertz CT molecular complexity index is 647. The van der Waals surface area contributed by atoms with Crippen molar-refractivity contribution in [3.05, 3.63) is 102 Å². The monoisotopic (exact) mass is 258 g/mol. The zero-order valence-corrected chi connectivity index (χ0v) is 11.5. The summed E-state index contributed by atoms with van der Waals surface area (Å²) in [5, 5.41) is 0. The van der Waals surface area contributed by atoms with Crippen LogP contribution in [0.1, 0.15) is 18.4 Å². The summed E-state index contributed by atoms with van der Waals surface area (Å²) < 4.78 is 0. The van der Waals surface area contributed by atoms with Gasteiger partial charge in [0.15, 0.2) is 0 Å². The maximum atomic E-state index is 2.29. The minimum Gasteiger partial charge on any atom is -0.0807 e. The highest BCUT2D eigenvalue weighted by Crippen LogP contribution is 2.26. The van der Waals surface area contributed by atoms with E-state index in [1.165, 1.54) is 22.3 Å². The lowest BCUT2D eigenvalue weighted by atomic mass is 9.99. The van der Waals surface area contributed by atoms with Gasteiger partial charge in [0.05, 0.1) is 0 Å². The fourth-order valence-corrected chi connectivity index (χ4v) is 2.45. The standard InChI is InChI=1S/C20H18/c1-2-5-11-17(10-4-1)19-14-8-9-15-20(16-19)18-12-6-3-7-13-18/h1,3-7,9-16H,2,8H2. The van der Waals surface area contributed by atoms with Crippen molar-refractivity contribution in [3.8, 4) is 0 Å². The molecule has 0 spiro atoms. The van der Waals surface area contributed by atoms with Crippen LogP contribution in [0.3, 0.4) is 0 Å². The summed E-state index contributed by atoms with van der Waals surface area (Å²) in [4.78, 5) is 0. The Hall–Kier alpha value is -2.34. The second kappa shape index (κ2) is 6.21. The molecule has 0 fully saturated rings. The van der Waals surface area contributed by atoms with Crippen LogP contribution in [0.4, 0.5) is 0 Å². The van der Waals surface area contributed by atoms with Crippen LogP contribution >= 0.6 is 0 Å². The van der Waals surface area contributed by atoms with Crippen LogP contribution in [0.5, 0.6) is 0 Å². The SMILES string of the molecule is C1=CCC=CC(C2=CCC=CC(c3ccccc3)=C2)=C1. The van der Waals surface area contributed by atoms with Gasteiger partial charge in [-0.25, -0.2) is 0 Å². The Morgan fingerprint density at radius 2 is 1.50 bits per heavy atom. The predicted octanol–water partition coefficient (Wildman–Crippen LogP) is 5.40. The van der Waals surface area contributed by atoms with Gasteiger partial charge >= 0.3 is 0 Å². The number of benzene rings is 1. The van der Waals surface area contributed by atoms with Crippen LogP contribution < -0.4 is 0 Å². The predicted molar refractivity (Wildman–Crippen MR) is 87.2 cm³/mol. The van der Waals surface area contributed by atoms with Crippen molar-refractivity contribution in [1.29, 1.82) is 0 Å². The first-order valence-electron chi connectivity index (χ1n) is 7.11. The molecule has 0 heteroatoms. The van der Waals surface area contributed by atoms with Crippen LogP contribution in [0.25, 0.3) is 5.57 Å². The highest BCUT2D eigenvalue weighted by molar-refractivity contribution is 5.78. The molecule has 0 radical (unpaired) electrons. The van der Waals surface area contributed by atoms with Gasteiger partial charge in [-0.05, 0) is 41.2 Å². The lowest BCUT2D eigenvalue weighted by Gasteiger charge is -2.06. The topological polar surface area (TPSA) is 0 Å². The zero-order valence-electron chi connectivity index (χ0n) is 11.5. The van der Waals surface area contributed by atoms with Crippen LogP contribution in [0.15, 0.2) is 96.2 Å². The third-order valence-corrected chi connectivity index (χ3v) is 3.50. The summed E-state index contributed by atoms with van der Waals surface area (Å²) >= 11 is 0. The summed E-state index contributed by atoms with van der Waals surface area (Å²) in [6.45, 7) is 0. The summed E-state index contributed by atoms with van der Waals surface area (Å²) in [6.07, 6.45) is 22.0. The van der Waals surface area contributed by atoms with Gasteiger partial charge in [-0.2, -0.15) is 0 Å². The second-order valence-electron chi connectivity index (χ2n) is 4.95. The van der Waals surface area contributed by atoms with E-state index in [0.717, 1.165) is 12.8 Å². The summed E-state index contributed by atoms with van der Waals surface area (Å²) in [6, 6.07) is 10.6. The summed E-state index contributed by atoms with van der Waals surface area (Å²) in [7, 11) is 0. The first kappa shape index (κ1) is 12.7. The fraction of sp³-hybridized carbons (Fsp3) is 0.100. The Balaban J connectivity index is 1.98. The Morgan fingerprint density at radius 3 is 2.40 bits per heavy atom. The molecule has 98 valence electrons. The average Bonchev–Trinajstić information content (AvgIpc) is 2.91.